The summed E-state index contributed by atoms with van der Waals surface area (Å²) in [7, 11) is 1.74. The fourth-order valence-electron chi connectivity index (χ4n) is 1.14. The number of hydrogen-bond donors (Lipinski definition) is 0. The van der Waals surface area contributed by atoms with E-state index in [2.05, 4.69) is 10.2 Å². The molecule has 0 saturated heterocycles. The zero-order valence-corrected chi connectivity index (χ0v) is 9.87. The Morgan fingerprint density at radius 1 is 1.50 bits per heavy atom. The average Bonchev–Trinajstić information content (AvgIpc) is 2.94. The van der Waals surface area contributed by atoms with Gasteiger partial charge >= 0.3 is 0 Å². The molecule has 0 atom stereocenters. The molecule has 0 radical (unpaired) electrons. The molecule has 0 N–H and O–H groups in total. The van der Waals surface area contributed by atoms with Crippen LogP contribution in [0.15, 0.2) is 4.34 Å². The Bertz CT molecular complexity index is 286. The van der Waals surface area contributed by atoms with Gasteiger partial charge in [0, 0.05) is 25.4 Å². The Labute approximate surface area is 92.3 Å². The van der Waals surface area contributed by atoms with Crippen molar-refractivity contribution >= 4 is 23.1 Å². The summed E-state index contributed by atoms with van der Waals surface area (Å²) in [6.07, 6.45) is 3.70. The lowest BCUT2D eigenvalue weighted by Crippen LogP contribution is -1.89. The van der Waals surface area contributed by atoms with Gasteiger partial charge in [0.25, 0.3) is 0 Å². The van der Waals surface area contributed by atoms with Crippen molar-refractivity contribution in [3.05, 3.63) is 5.01 Å². The highest BCUT2D eigenvalue weighted by Crippen LogP contribution is 2.42. The Morgan fingerprint density at radius 3 is 3.07 bits per heavy atom. The summed E-state index contributed by atoms with van der Waals surface area (Å²) in [5.74, 6) is 1.81. The van der Waals surface area contributed by atoms with Crippen LogP contribution in [0.2, 0.25) is 0 Å². The monoisotopic (exact) mass is 230 g/mol. The number of aromatic nitrogens is 2. The topological polar surface area (TPSA) is 35.0 Å². The number of rotatable bonds is 6. The molecule has 1 heterocycles. The third kappa shape index (κ3) is 2.93. The number of ether oxygens (including phenoxy) is 1. The number of thioether (sulfide) groups is 1. The van der Waals surface area contributed by atoms with Gasteiger partial charge in [0.1, 0.15) is 5.01 Å². The van der Waals surface area contributed by atoms with Gasteiger partial charge in [-0.1, -0.05) is 23.1 Å². The second-order valence-electron chi connectivity index (χ2n) is 3.38. The van der Waals surface area contributed by atoms with Crippen molar-refractivity contribution in [1.29, 1.82) is 0 Å². The van der Waals surface area contributed by atoms with Gasteiger partial charge in [-0.05, 0) is 19.3 Å². The summed E-state index contributed by atoms with van der Waals surface area (Å²) in [6, 6.07) is 0. The number of nitrogens with zero attached hydrogens (tertiary/aromatic N) is 2. The van der Waals surface area contributed by atoms with E-state index in [4.69, 9.17) is 4.74 Å². The van der Waals surface area contributed by atoms with E-state index in [9.17, 15) is 0 Å². The highest BCUT2D eigenvalue weighted by molar-refractivity contribution is 8.01. The summed E-state index contributed by atoms with van der Waals surface area (Å²) in [4.78, 5) is 0. The maximum atomic E-state index is 4.99. The Morgan fingerprint density at radius 2 is 2.36 bits per heavy atom. The van der Waals surface area contributed by atoms with Crippen LogP contribution >= 0.6 is 23.1 Å². The van der Waals surface area contributed by atoms with E-state index in [0.29, 0.717) is 0 Å². The van der Waals surface area contributed by atoms with E-state index < -0.39 is 0 Å². The van der Waals surface area contributed by atoms with Gasteiger partial charge in [-0.2, -0.15) is 0 Å². The third-order valence-electron chi connectivity index (χ3n) is 2.07. The highest BCUT2D eigenvalue weighted by atomic mass is 32.2. The first kappa shape index (κ1) is 10.4. The molecule has 0 aromatic carbocycles. The maximum absolute atomic E-state index is 4.99. The predicted molar refractivity (Wildman–Crippen MR) is 59.1 cm³/mol. The van der Waals surface area contributed by atoms with Gasteiger partial charge in [0.15, 0.2) is 4.34 Å². The van der Waals surface area contributed by atoms with Crippen molar-refractivity contribution in [3.8, 4) is 0 Å². The molecular formula is C9H14N2OS2. The predicted octanol–water partition coefficient (Wildman–Crippen LogP) is 2.54. The van der Waals surface area contributed by atoms with Gasteiger partial charge in [-0.3, -0.25) is 0 Å². The summed E-state index contributed by atoms with van der Waals surface area (Å²) in [5, 5.41) is 9.59. The van der Waals surface area contributed by atoms with Gasteiger partial charge in [0.05, 0.1) is 0 Å². The van der Waals surface area contributed by atoms with Crippen molar-refractivity contribution in [3.63, 3.8) is 0 Å². The van der Waals surface area contributed by atoms with Crippen LogP contribution in [-0.2, 0) is 4.74 Å². The molecule has 1 aromatic rings. The number of methoxy groups -OCH3 is 1. The zero-order valence-electron chi connectivity index (χ0n) is 8.23. The van der Waals surface area contributed by atoms with Crippen LogP contribution in [0, 0.1) is 0 Å². The molecule has 14 heavy (non-hydrogen) atoms. The minimum absolute atomic E-state index is 0.737. The Balaban J connectivity index is 1.72. The molecule has 3 nitrogen and oxygen atoms in total. The molecule has 1 fully saturated rings. The summed E-state index contributed by atoms with van der Waals surface area (Å²) in [5.41, 5.74) is 0. The fourth-order valence-corrected chi connectivity index (χ4v) is 3.16. The molecule has 0 bridgehead atoms. The van der Waals surface area contributed by atoms with E-state index in [0.717, 1.165) is 29.0 Å². The fraction of sp³-hybridized carbons (Fsp3) is 0.778. The number of hydrogen-bond acceptors (Lipinski definition) is 5. The standard InChI is InChI=1S/C9H14N2OS2/c1-12-5-2-6-13-9-11-10-8(14-9)7-3-4-7/h7H,2-6H2,1H3. The van der Waals surface area contributed by atoms with E-state index in [1.165, 1.54) is 17.8 Å². The second-order valence-corrected chi connectivity index (χ2v) is 5.73. The minimum atomic E-state index is 0.737. The van der Waals surface area contributed by atoms with Crippen LogP contribution in [0.25, 0.3) is 0 Å². The van der Waals surface area contributed by atoms with Crippen LogP contribution in [0.4, 0.5) is 0 Å². The quantitative estimate of drug-likeness (QED) is 0.555. The lowest BCUT2D eigenvalue weighted by Gasteiger charge is -1.95. The molecule has 1 aliphatic carbocycles. The van der Waals surface area contributed by atoms with Crippen LogP contribution in [0.3, 0.4) is 0 Å². The molecule has 1 aromatic heterocycles. The van der Waals surface area contributed by atoms with E-state index in [-0.39, 0.29) is 0 Å². The third-order valence-corrected chi connectivity index (χ3v) is 4.37. The first-order chi connectivity index (χ1) is 6.90. The average molecular weight is 230 g/mol. The summed E-state index contributed by atoms with van der Waals surface area (Å²) < 4.78 is 6.10. The molecule has 5 heteroatoms. The highest BCUT2D eigenvalue weighted by Gasteiger charge is 2.27. The zero-order chi connectivity index (χ0) is 9.80. The molecule has 1 aliphatic rings. The SMILES string of the molecule is COCCCSc1nnc(C2CC2)s1. The molecule has 2 rings (SSSR count). The van der Waals surface area contributed by atoms with Crippen molar-refractivity contribution in [2.75, 3.05) is 19.5 Å². The summed E-state index contributed by atoms with van der Waals surface area (Å²) in [6.45, 7) is 0.835. The lowest BCUT2D eigenvalue weighted by molar-refractivity contribution is 0.200. The Kier molecular flexibility index (Phi) is 3.78. The smallest absolute Gasteiger partial charge is 0.174 e. The molecular weight excluding hydrogens is 216 g/mol. The van der Waals surface area contributed by atoms with Crippen LogP contribution in [-0.4, -0.2) is 29.7 Å². The molecule has 78 valence electrons. The van der Waals surface area contributed by atoms with Gasteiger partial charge < -0.3 is 4.74 Å². The first-order valence-corrected chi connectivity index (χ1v) is 6.65. The molecule has 1 saturated carbocycles. The van der Waals surface area contributed by atoms with Crippen LogP contribution in [0.5, 0.6) is 0 Å². The first-order valence-electron chi connectivity index (χ1n) is 4.85. The van der Waals surface area contributed by atoms with Crippen molar-refractivity contribution in [2.24, 2.45) is 0 Å². The van der Waals surface area contributed by atoms with Gasteiger partial charge in [-0.25, -0.2) is 0 Å². The Hall–Kier alpha value is -0.130. The van der Waals surface area contributed by atoms with Crippen LogP contribution < -0.4 is 0 Å². The van der Waals surface area contributed by atoms with Crippen LogP contribution in [0.1, 0.15) is 30.2 Å². The molecule has 0 amide bonds. The van der Waals surface area contributed by atoms with E-state index in [1.807, 2.05) is 0 Å². The largest absolute Gasteiger partial charge is 0.385 e. The normalized spacial score (nSPS) is 16.1. The maximum Gasteiger partial charge on any atom is 0.174 e. The van der Waals surface area contributed by atoms with Gasteiger partial charge in [-0.15, -0.1) is 10.2 Å². The van der Waals surface area contributed by atoms with E-state index in [1.54, 1.807) is 30.2 Å². The lowest BCUT2D eigenvalue weighted by atomic mass is 10.5. The van der Waals surface area contributed by atoms with Gasteiger partial charge in [0.2, 0.25) is 0 Å². The minimum Gasteiger partial charge on any atom is -0.385 e. The summed E-state index contributed by atoms with van der Waals surface area (Å²) >= 11 is 3.55. The van der Waals surface area contributed by atoms with E-state index >= 15 is 0 Å². The second kappa shape index (κ2) is 5.09. The van der Waals surface area contributed by atoms with Crippen molar-refractivity contribution < 1.29 is 4.74 Å². The molecule has 0 unspecified atom stereocenters. The van der Waals surface area contributed by atoms with Crippen molar-refractivity contribution in [2.45, 2.75) is 29.5 Å². The van der Waals surface area contributed by atoms with Crippen molar-refractivity contribution in [1.82, 2.24) is 10.2 Å². The molecule has 0 spiro atoms. The molecule has 0 aliphatic heterocycles.